The molecular formula is C17H20O3. The minimum absolute atomic E-state index is 0.401. The fraction of sp³-hybridized carbons (Fsp3) is 0.294. The molecule has 3 heteroatoms. The Morgan fingerprint density at radius 3 is 2.45 bits per heavy atom. The van der Waals surface area contributed by atoms with E-state index in [1.54, 1.807) is 7.11 Å². The summed E-state index contributed by atoms with van der Waals surface area (Å²) in [5.74, 6) is 1.62. The minimum atomic E-state index is -0.401. The van der Waals surface area contributed by atoms with Crippen LogP contribution in [0.4, 0.5) is 0 Å². The lowest BCUT2D eigenvalue weighted by Crippen LogP contribution is -1.98. The number of methoxy groups -OCH3 is 1. The Bertz CT molecular complexity index is 534. The Morgan fingerprint density at radius 2 is 1.80 bits per heavy atom. The molecule has 0 heterocycles. The molecular weight excluding hydrogens is 252 g/mol. The average Bonchev–Trinajstić information content (AvgIpc) is 2.53. The summed E-state index contributed by atoms with van der Waals surface area (Å²) in [4.78, 5) is 0. The van der Waals surface area contributed by atoms with Crippen molar-refractivity contribution in [3.63, 3.8) is 0 Å². The van der Waals surface area contributed by atoms with E-state index in [4.69, 9.17) is 9.47 Å². The van der Waals surface area contributed by atoms with Gasteiger partial charge in [-0.1, -0.05) is 31.2 Å². The van der Waals surface area contributed by atoms with E-state index in [9.17, 15) is 5.11 Å². The summed E-state index contributed by atoms with van der Waals surface area (Å²) >= 11 is 0. The van der Waals surface area contributed by atoms with Gasteiger partial charge in [-0.3, -0.25) is 0 Å². The van der Waals surface area contributed by atoms with Crippen LogP contribution in [0.3, 0.4) is 0 Å². The number of hydrogen-bond donors (Lipinski definition) is 1. The molecule has 20 heavy (non-hydrogen) atoms. The van der Waals surface area contributed by atoms with Gasteiger partial charge in [-0.05, 0) is 41.8 Å². The van der Waals surface area contributed by atoms with Crippen molar-refractivity contribution < 1.29 is 14.6 Å². The molecule has 1 atom stereocenters. The van der Waals surface area contributed by atoms with Crippen LogP contribution in [0, 0.1) is 0 Å². The maximum Gasteiger partial charge on any atom is 0.119 e. The van der Waals surface area contributed by atoms with Gasteiger partial charge in [-0.25, -0.2) is 0 Å². The molecule has 3 nitrogen and oxygen atoms in total. The molecule has 0 radical (unpaired) electrons. The van der Waals surface area contributed by atoms with E-state index in [0.29, 0.717) is 13.0 Å². The Labute approximate surface area is 119 Å². The monoisotopic (exact) mass is 272 g/mol. The Hall–Kier alpha value is -2.00. The lowest BCUT2D eigenvalue weighted by Gasteiger charge is -2.10. The van der Waals surface area contributed by atoms with Gasteiger partial charge in [0, 0.05) is 0 Å². The van der Waals surface area contributed by atoms with Crippen LogP contribution in [-0.4, -0.2) is 12.2 Å². The summed E-state index contributed by atoms with van der Waals surface area (Å²) in [5, 5.41) is 9.73. The van der Waals surface area contributed by atoms with Gasteiger partial charge in [0.05, 0.1) is 13.2 Å². The van der Waals surface area contributed by atoms with Crippen LogP contribution in [-0.2, 0) is 6.61 Å². The fourth-order valence-corrected chi connectivity index (χ4v) is 1.95. The Balaban J connectivity index is 1.96. The molecule has 0 bridgehead atoms. The lowest BCUT2D eigenvalue weighted by molar-refractivity contribution is 0.173. The maximum atomic E-state index is 9.73. The lowest BCUT2D eigenvalue weighted by atomic mass is 10.1. The van der Waals surface area contributed by atoms with E-state index in [1.807, 2.05) is 55.5 Å². The molecule has 0 aromatic heterocycles. The van der Waals surface area contributed by atoms with Gasteiger partial charge in [0.15, 0.2) is 0 Å². The highest BCUT2D eigenvalue weighted by Gasteiger charge is 2.04. The van der Waals surface area contributed by atoms with Crippen LogP contribution in [0.15, 0.2) is 48.5 Å². The van der Waals surface area contributed by atoms with E-state index in [0.717, 1.165) is 22.6 Å². The number of benzene rings is 2. The van der Waals surface area contributed by atoms with Crippen molar-refractivity contribution in [3.05, 3.63) is 59.7 Å². The second-order valence-electron chi connectivity index (χ2n) is 4.63. The van der Waals surface area contributed by atoms with E-state index < -0.39 is 6.10 Å². The first-order chi connectivity index (χ1) is 9.72. The Morgan fingerprint density at radius 1 is 1.05 bits per heavy atom. The standard InChI is InChI=1S/C17H20O3/c1-3-17(18)14-7-9-15(10-8-14)20-12-13-5-4-6-16(11-13)19-2/h4-11,17-18H,3,12H2,1-2H3/t17-/m1/s1. The van der Waals surface area contributed by atoms with Crippen molar-refractivity contribution in [1.29, 1.82) is 0 Å². The second-order valence-corrected chi connectivity index (χ2v) is 4.63. The van der Waals surface area contributed by atoms with Crippen molar-refractivity contribution in [2.45, 2.75) is 26.1 Å². The van der Waals surface area contributed by atoms with Crippen LogP contribution in [0.25, 0.3) is 0 Å². The molecule has 0 unspecified atom stereocenters. The number of aliphatic hydroxyl groups excluding tert-OH is 1. The first-order valence-electron chi connectivity index (χ1n) is 6.76. The number of aliphatic hydroxyl groups is 1. The van der Waals surface area contributed by atoms with Gasteiger partial charge in [0.2, 0.25) is 0 Å². The molecule has 1 N–H and O–H groups in total. The molecule has 0 saturated heterocycles. The summed E-state index contributed by atoms with van der Waals surface area (Å²) in [6.45, 7) is 2.45. The van der Waals surface area contributed by atoms with E-state index in [-0.39, 0.29) is 0 Å². The average molecular weight is 272 g/mol. The number of hydrogen-bond acceptors (Lipinski definition) is 3. The molecule has 2 rings (SSSR count). The third-order valence-electron chi connectivity index (χ3n) is 3.19. The fourth-order valence-electron chi connectivity index (χ4n) is 1.95. The third kappa shape index (κ3) is 3.75. The zero-order chi connectivity index (χ0) is 14.4. The highest BCUT2D eigenvalue weighted by atomic mass is 16.5. The smallest absolute Gasteiger partial charge is 0.119 e. The molecule has 0 spiro atoms. The summed E-state index contributed by atoms with van der Waals surface area (Å²) in [5.41, 5.74) is 1.98. The summed E-state index contributed by atoms with van der Waals surface area (Å²) in [6.07, 6.45) is 0.312. The van der Waals surface area contributed by atoms with Gasteiger partial charge in [0.25, 0.3) is 0 Å². The van der Waals surface area contributed by atoms with Crippen LogP contribution in [0.2, 0.25) is 0 Å². The summed E-state index contributed by atoms with van der Waals surface area (Å²) < 4.78 is 10.9. The van der Waals surface area contributed by atoms with Crippen molar-refractivity contribution in [2.75, 3.05) is 7.11 Å². The second kappa shape index (κ2) is 6.96. The zero-order valence-corrected chi connectivity index (χ0v) is 11.9. The van der Waals surface area contributed by atoms with Crippen molar-refractivity contribution in [3.8, 4) is 11.5 Å². The SMILES string of the molecule is CC[C@@H](O)c1ccc(OCc2cccc(OC)c2)cc1. The first kappa shape index (κ1) is 14.4. The predicted octanol–water partition coefficient (Wildman–Crippen LogP) is 3.72. The highest BCUT2D eigenvalue weighted by molar-refractivity contribution is 5.30. The van der Waals surface area contributed by atoms with Crippen molar-refractivity contribution in [2.24, 2.45) is 0 Å². The Kier molecular flexibility index (Phi) is 5.02. The maximum absolute atomic E-state index is 9.73. The highest BCUT2D eigenvalue weighted by Crippen LogP contribution is 2.21. The molecule has 0 aliphatic rings. The number of ether oxygens (including phenoxy) is 2. The molecule has 0 aliphatic carbocycles. The van der Waals surface area contributed by atoms with Crippen molar-refractivity contribution in [1.82, 2.24) is 0 Å². The summed E-state index contributed by atoms with van der Waals surface area (Å²) in [6, 6.07) is 15.4. The van der Waals surface area contributed by atoms with Gasteiger partial charge < -0.3 is 14.6 Å². The topological polar surface area (TPSA) is 38.7 Å². The van der Waals surface area contributed by atoms with Crippen LogP contribution in [0.5, 0.6) is 11.5 Å². The molecule has 0 amide bonds. The van der Waals surface area contributed by atoms with Gasteiger partial charge in [-0.15, -0.1) is 0 Å². The molecule has 106 valence electrons. The van der Waals surface area contributed by atoms with Crippen LogP contribution in [0.1, 0.15) is 30.6 Å². The van der Waals surface area contributed by atoms with Crippen LogP contribution >= 0.6 is 0 Å². The molecule has 2 aromatic rings. The molecule has 2 aromatic carbocycles. The zero-order valence-electron chi connectivity index (χ0n) is 11.9. The molecule has 0 fully saturated rings. The molecule has 0 saturated carbocycles. The van der Waals surface area contributed by atoms with Gasteiger partial charge in [-0.2, -0.15) is 0 Å². The van der Waals surface area contributed by atoms with Gasteiger partial charge >= 0.3 is 0 Å². The number of rotatable bonds is 6. The molecule has 0 aliphatic heterocycles. The third-order valence-corrected chi connectivity index (χ3v) is 3.19. The predicted molar refractivity (Wildman–Crippen MR) is 79.0 cm³/mol. The van der Waals surface area contributed by atoms with E-state index >= 15 is 0 Å². The normalized spacial score (nSPS) is 11.9. The summed E-state index contributed by atoms with van der Waals surface area (Å²) in [7, 11) is 1.65. The van der Waals surface area contributed by atoms with E-state index in [1.165, 1.54) is 0 Å². The first-order valence-corrected chi connectivity index (χ1v) is 6.76. The quantitative estimate of drug-likeness (QED) is 0.871. The minimum Gasteiger partial charge on any atom is -0.497 e. The largest absolute Gasteiger partial charge is 0.497 e. The van der Waals surface area contributed by atoms with Crippen LogP contribution < -0.4 is 9.47 Å². The van der Waals surface area contributed by atoms with Crippen molar-refractivity contribution >= 4 is 0 Å². The van der Waals surface area contributed by atoms with E-state index in [2.05, 4.69) is 0 Å². The van der Waals surface area contributed by atoms with Gasteiger partial charge in [0.1, 0.15) is 18.1 Å².